The van der Waals surface area contributed by atoms with E-state index in [4.69, 9.17) is 0 Å². The van der Waals surface area contributed by atoms with Gasteiger partial charge in [-0.15, -0.1) is 0 Å². The van der Waals surface area contributed by atoms with Crippen molar-refractivity contribution in [2.24, 2.45) is 0 Å². The van der Waals surface area contributed by atoms with Gasteiger partial charge in [0.1, 0.15) is 0 Å². The minimum Gasteiger partial charge on any atom is -0.195 e. The number of allylic oxidation sites excluding steroid dienone is 1. The summed E-state index contributed by atoms with van der Waals surface area (Å²) in [5.41, 5.74) is 0. The Hall–Kier alpha value is -0.400. The van der Waals surface area contributed by atoms with Crippen molar-refractivity contribution < 1.29 is 30.7 Å². The second-order valence-corrected chi connectivity index (χ2v) is 4.08. The third-order valence-corrected chi connectivity index (χ3v) is 2.36. The predicted octanol–water partition coefficient (Wildman–Crippen LogP) is 4.13. The lowest BCUT2D eigenvalue weighted by molar-refractivity contribution is -0.341. The van der Waals surface area contributed by atoms with Crippen LogP contribution in [0.25, 0.3) is 0 Å². The van der Waals surface area contributed by atoms with Crippen LogP contribution < -0.4 is 0 Å². The highest BCUT2D eigenvalue weighted by Crippen LogP contribution is 2.47. The average molecular weight is 270 g/mol. The van der Waals surface area contributed by atoms with Crippen LogP contribution in [0.1, 0.15) is 6.92 Å². The summed E-state index contributed by atoms with van der Waals surface area (Å²) in [5, 5.41) is 0. The first-order chi connectivity index (χ1) is 7.06. The standard InChI is InChI=1S/C8H9F7S/c1-2-16-5-3-4-6(9,10)7(11,12)8(13,14)15/h3-4H,2,5H2,1H3. The van der Waals surface area contributed by atoms with Crippen molar-refractivity contribution in [3.8, 4) is 0 Å². The maximum absolute atomic E-state index is 12.6. The average Bonchev–Trinajstić information content (AvgIpc) is 2.10. The molecule has 96 valence electrons. The topological polar surface area (TPSA) is 0 Å². The van der Waals surface area contributed by atoms with Crippen molar-refractivity contribution in [1.82, 2.24) is 0 Å². The van der Waals surface area contributed by atoms with E-state index in [2.05, 4.69) is 0 Å². The maximum atomic E-state index is 12.6. The molecule has 0 aliphatic heterocycles. The molecular weight excluding hydrogens is 261 g/mol. The van der Waals surface area contributed by atoms with E-state index >= 15 is 0 Å². The van der Waals surface area contributed by atoms with Gasteiger partial charge < -0.3 is 0 Å². The van der Waals surface area contributed by atoms with Crippen LogP contribution in [0.2, 0.25) is 0 Å². The highest BCUT2D eigenvalue weighted by molar-refractivity contribution is 7.99. The highest BCUT2D eigenvalue weighted by Gasteiger charge is 2.71. The zero-order chi connectivity index (χ0) is 13.0. The lowest BCUT2D eigenvalue weighted by Crippen LogP contribution is -2.50. The molecule has 0 radical (unpaired) electrons. The molecule has 0 aromatic carbocycles. The van der Waals surface area contributed by atoms with Gasteiger partial charge in [0.25, 0.3) is 0 Å². The molecule has 0 unspecified atom stereocenters. The van der Waals surface area contributed by atoms with Crippen LogP contribution in [0.5, 0.6) is 0 Å². The summed E-state index contributed by atoms with van der Waals surface area (Å²) in [7, 11) is 0. The third-order valence-electron chi connectivity index (χ3n) is 1.52. The van der Waals surface area contributed by atoms with E-state index in [-0.39, 0.29) is 5.75 Å². The molecule has 16 heavy (non-hydrogen) atoms. The molecule has 0 aromatic rings. The van der Waals surface area contributed by atoms with Gasteiger partial charge in [-0.3, -0.25) is 0 Å². The SMILES string of the molecule is CCSCC=CC(F)(F)C(F)(F)C(F)(F)F. The minimum absolute atomic E-state index is 0.0416. The summed E-state index contributed by atoms with van der Waals surface area (Å²) in [6.45, 7) is 1.70. The summed E-state index contributed by atoms with van der Waals surface area (Å²) in [6.07, 6.45) is -6.06. The lowest BCUT2D eigenvalue weighted by Gasteiger charge is -2.25. The maximum Gasteiger partial charge on any atom is 0.460 e. The van der Waals surface area contributed by atoms with Gasteiger partial charge in [0.2, 0.25) is 0 Å². The van der Waals surface area contributed by atoms with Gasteiger partial charge in [-0.2, -0.15) is 42.5 Å². The van der Waals surface area contributed by atoms with E-state index in [0.29, 0.717) is 11.8 Å². The second kappa shape index (κ2) is 5.29. The number of hydrogen-bond acceptors (Lipinski definition) is 1. The Balaban J connectivity index is 4.71. The summed E-state index contributed by atoms with van der Waals surface area (Å²) >= 11 is 1.12. The Morgan fingerprint density at radius 1 is 1.00 bits per heavy atom. The van der Waals surface area contributed by atoms with Crippen LogP contribution in [-0.4, -0.2) is 29.5 Å². The number of hydrogen-bond donors (Lipinski definition) is 0. The van der Waals surface area contributed by atoms with Crippen molar-refractivity contribution in [2.45, 2.75) is 24.9 Å². The molecule has 0 fully saturated rings. The molecule has 0 bridgehead atoms. The molecule has 0 amide bonds. The van der Waals surface area contributed by atoms with E-state index in [1.54, 1.807) is 6.92 Å². The second-order valence-electron chi connectivity index (χ2n) is 2.76. The fraction of sp³-hybridized carbons (Fsp3) is 0.750. The largest absolute Gasteiger partial charge is 0.460 e. The zero-order valence-corrected chi connectivity index (χ0v) is 8.94. The Morgan fingerprint density at radius 3 is 1.88 bits per heavy atom. The van der Waals surface area contributed by atoms with Gasteiger partial charge in [0, 0.05) is 5.75 Å². The summed E-state index contributed by atoms with van der Waals surface area (Å²) in [4.78, 5) is 0. The molecular formula is C8H9F7S. The number of thioether (sulfide) groups is 1. The van der Waals surface area contributed by atoms with Gasteiger partial charge in [-0.05, 0) is 11.8 Å². The Bertz CT molecular complexity index is 243. The van der Waals surface area contributed by atoms with Gasteiger partial charge >= 0.3 is 18.0 Å². The van der Waals surface area contributed by atoms with Gasteiger partial charge in [-0.25, -0.2) is 0 Å². The Labute approximate surface area is 91.9 Å². The Kier molecular flexibility index (Phi) is 5.15. The summed E-state index contributed by atoms with van der Waals surface area (Å²) in [5.74, 6) is -10.8. The van der Waals surface area contributed by atoms with E-state index in [1.807, 2.05) is 0 Å². The molecule has 0 heterocycles. The fourth-order valence-electron chi connectivity index (χ4n) is 0.676. The highest BCUT2D eigenvalue weighted by atomic mass is 32.2. The molecule has 0 aromatic heterocycles. The molecule has 0 saturated carbocycles. The van der Waals surface area contributed by atoms with Crippen LogP contribution in [0.4, 0.5) is 30.7 Å². The van der Waals surface area contributed by atoms with Gasteiger partial charge in [-0.1, -0.05) is 13.0 Å². The minimum atomic E-state index is -6.27. The van der Waals surface area contributed by atoms with Crippen LogP contribution >= 0.6 is 11.8 Å². The van der Waals surface area contributed by atoms with Crippen LogP contribution in [0.3, 0.4) is 0 Å². The van der Waals surface area contributed by atoms with Crippen molar-refractivity contribution in [3.63, 3.8) is 0 Å². The molecule has 0 saturated heterocycles. The van der Waals surface area contributed by atoms with Crippen LogP contribution in [0.15, 0.2) is 12.2 Å². The normalized spacial score (nSPS) is 14.8. The molecule has 0 spiro atoms. The number of alkyl halides is 7. The molecule has 8 heteroatoms. The molecule has 0 nitrogen and oxygen atoms in total. The van der Waals surface area contributed by atoms with Gasteiger partial charge in [0.05, 0.1) is 0 Å². The quantitative estimate of drug-likeness (QED) is 0.411. The summed E-state index contributed by atoms with van der Waals surface area (Å²) < 4.78 is 84.6. The van der Waals surface area contributed by atoms with Crippen molar-refractivity contribution in [1.29, 1.82) is 0 Å². The zero-order valence-electron chi connectivity index (χ0n) is 8.12. The third kappa shape index (κ3) is 3.57. The van der Waals surface area contributed by atoms with Crippen molar-refractivity contribution >= 4 is 11.8 Å². The predicted molar refractivity (Wildman–Crippen MR) is 48.1 cm³/mol. The fourth-order valence-corrected chi connectivity index (χ4v) is 1.14. The number of rotatable bonds is 5. The van der Waals surface area contributed by atoms with Crippen molar-refractivity contribution in [2.75, 3.05) is 11.5 Å². The van der Waals surface area contributed by atoms with Crippen molar-refractivity contribution in [3.05, 3.63) is 12.2 Å². The van der Waals surface area contributed by atoms with Gasteiger partial charge in [0.15, 0.2) is 0 Å². The monoisotopic (exact) mass is 270 g/mol. The Morgan fingerprint density at radius 2 is 1.50 bits per heavy atom. The van der Waals surface area contributed by atoms with E-state index in [9.17, 15) is 30.7 Å². The molecule has 0 N–H and O–H groups in total. The molecule has 0 rings (SSSR count). The number of halogens is 7. The van der Waals surface area contributed by atoms with E-state index in [0.717, 1.165) is 11.8 Å². The van der Waals surface area contributed by atoms with Crippen LogP contribution in [0, 0.1) is 0 Å². The first kappa shape index (κ1) is 15.6. The summed E-state index contributed by atoms with van der Waals surface area (Å²) in [6, 6.07) is 0. The lowest BCUT2D eigenvalue weighted by atomic mass is 10.1. The molecule has 0 atom stereocenters. The smallest absolute Gasteiger partial charge is 0.195 e. The first-order valence-corrected chi connectivity index (χ1v) is 5.29. The molecule has 0 aliphatic rings. The first-order valence-electron chi connectivity index (χ1n) is 4.14. The van der Waals surface area contributed by atoms with Crippen LogP contribution in [-0.2, 0) is 0 Å². The van der Waals surface area contributed by atoms with E-state index < -0.39 is 24.1 Å². The van der Waals surface area contributed by atoms with E-state index in [1.165, 1.54) is 0 Å². The molecule has 0 aliphatic carbocycles.